The average molecular weight is 359 g/mol. The van der Waals surface area contributed by atoms with Crippen molar-refractivity contribution in [1.82, 2.24) is 10.2 Å². The molecule has 0 aromatic rings. The van der Waals surface area contributed by atoms with Crippen molar-refractivity contribution in [3.05, 3.63) is 0 Å². The van der Waals surface area contributed by atoms with Crippen LogP contribution in [0.3, 0.4) is 0 Å². The molecular weight excluding hydrogens is 338 g/mol. The van der Waals surface area contributed by atoms with Crippen molar-refractivity contribution in [1.29, 1.82) is 0 Å². The van der Waals surface area contributed by atoms with E-state index in [-0.39, 0.29) is 31.8 Å². The Bertz CT molecular complexity index is 529. The van der Waals surface area contributed by atoms with Crippen LogP contribution in [0.1, 0.15) is 19.8 Å². The Balaban J connectivity index is 1.93. The van der Waals surface area contributed by atoms with Gasteiger partial charge in [0, 0.05) is 25.3 Å². The third-order valence-corrected chi connectivity index (χ3v) is 4.89. The Kier molecular flexibility index (Phi) is 6.44. The fraction of sp³-hybridized carbons (Fsp3) is 0.714. The van der Waals surface area contributed by atoms with E-state index in [0.29, 0.717) is 12.4 Å². The number of carbonyl (C=O) groups excluding carboxylic acids is 4. The van der Waals surface area contributed by atoms with Gasteiger partial charge in [0.25, 0.3) is 0 Å². The molecule has 2 aliphatic rings. The summed E-state index contributed by atoms with van der Waals surface area (Å²) in [5.41, 5.74) is 5.31. The molecular formula is C14H21N3O6S. The summed E-state index contributed by atoms with van der Waals surface area (Å²) < 4.78 is 10.2. The lowest BCUT2D eigenvalue weighted by molar-refractivity contribution is -0.164. The van der Waals surface area contributed by atoms with Crippen LogP contribution in [0.25, 0.3) is 0 Å². The number of amides is 3. The second-order valence-corrected chi connectivity index (χ2v) is 6.79. The molecule has 2 rings (SSSR count). The second-order valence-electron chi connectivity index (χ2n) is 5.48. The molecule has 2 aliphatic heterocycles. The molecule has 3 N–H and O–H groups in total. The van der Waals surface area contributed by atoms with Crippen LogP contribution in [0.5, 0.6) is 0 Å². The van der Waals surface area contributed by atoms with Gasteiger partial charge in [0.15, 0.2) is 0 Å². The third kappa shape index (κ3) is 4.84. The number of nitrogens with zero attached hydrogens (tertiary/aromatic N) is 1. The number of rotatable bonds is 6. The predicted octanol–water partition coefficient (Wildman–Crippen LogP) is -1.40. The molecule has 0 radical (unpaired) electrons. The Morgan fingerprint density at radius 2 is 2.21 bits per heavy atom. The number of hydrogen-bond acceptors (Lipinski definition) is 7. The van der Waals surface area contributed by atoms with E-state index in [0.717, 1.165) is 0 Å². The first kappa shape index (κ1) is 18.5. The Labute approximate surface area is 143 Å². The molecule has 0 aromatic heterocycles. The standard InChI is InChI=1S/C14H21N3O6S/c1-2-22-14-8(5-12(20)23-14)16-10(18)7-17-6-9(13(15)21)24-4-3-11(17)19/h8-9,14H,2-7H2,1H3,(H2,15,21)(H,16,18). The van der Waals surface area contributed by atoms with E-state index < -0.39 is 35.4 Å². The third-order valence-electron chi connectivity index (χ3n) is 3.67. The van der Waals surface area contributed by atoms with Gasteiger partial charge in [-0.25, -0.2) is 0 Å². The van der Waals surface area contributed by atoms with Gasteiger partial charge < -0.3 is 25.4 Å². The highest BCUT2D eigenvalue weighted by atomic mass is 32.2. The van der Waals surface area contributed by atoms with Gasteiger partial charge >= 0.3 is 5.97 Å². The van der Waals surface area contributed by atoms with Crippen LogP contribution in [-0.2, 0) is 28.7 Å². The van der Waals surface area contributed by atoms with E-state index in [1.54, 1.807) is 6.92 Å². The maximum atomic E-state index is 12.2. The molecule has 134 valence electrons. The highest BCUT2D eigenvalue weighted by molar-refractivity contribution is 8.00. The zero-order valence-electron chi connectivity index (χ0n) is 13.4. The summed E-state index contributed by atoms with van der Waals surface area (Å²) in [6.07, 6.45) is -0.557. The smallest absolute Gasteiger partial charge is 0.310 e. The Morgan fingerprint density at radius 1 is 1.46 bits per heavy atom. The van der Waals surface area contributed by atoms with Crippen LogP contribution < -0.4 is 11.1 Å². The summed E-state index contributed by atoms with van der Waals surface area (Å²) >= 11 is 1.31. The van der Waals surface area contributed by atoms with Crippen LogP contribution in [0.15, 0.2) is 0 Å². The molecule has 0 aromatic carbocycles. The van der Waals surface area contributed by atoms with Crippen molar-refractivity contribution in [2.24, 2.45) is 5.73 Å². The monoisotopic (exact) mass is 359 g/mol. The molecule has 0 saturated carbocycles. The molecule has 9 nitrogen and oxygen atoms in total. The first-order chi connectivity index (χ1) is 11.4. The van der Waals surface area contributed by atoms with Gasteiger partial charge in [0.1, 0.15) is 11.3 Å². The molecule has 0 bridgehead atoms. The zero-order valence-corrected chi connectivity index (χ0v) is 14.2. The van der Waals surface area contributed by atoms with E-state index >= 15 is 0 Å². The summed E-state index contributed by atoms with van der Waals surface area (Å²) in [6, 6.07) is -0.589. The van der Waals surface area contributed by atoms with Crippen LogP contribution in [0, 0.1) is 0 Å². The lowest BCUT2D eigenvalue weighted by Gasteiger charge is -2.24. The number of thioether (sulfide) groups is 1. The number of nitrogens with two attached hydrogens (primary N) is 1. The van der Waals surface area contributed by atoms with Gasteiger partial charge in [-0.15, -0.1) is 11.8 Å². The van der Waals surface area contributed by atoms with Crippen molar-refractivity contribution in [3.63, 3.8) is 0 Å². The zero-order chi connectivity index (χ0) is 17.7. The van der Waals surface area contributed by atoms with Crippen molar-refractivity contribution in [2.75, 3.05) is 25.4 Å². The van der Waals surface area contributed by atoms with Gasteiger partial charge in [0.05, 0.1) is 13.0 Å². The van der Waals surface area contributed by atoms with Gasteiger partial charge in [-0.05, 0) is 6.92 Å². The molecule has 2 saturated heterocycles. The van der Waals surface area contributed by atoms with E-state index in [2.05, 4.69) is 5.32 Å². The maximum absolute atomic E-state index is 12.2. The SMILES string of the molecule is CCOC1OC(=O)CC1NC(=O)CN1CC(C(N)=O)SCCC1=O. The lowest BCUT2D eigenvalue weighted by atomic mass is 10.2. The summed E-state index contributed by atoms with van der Waals surface area (Å²) in [6.45, 7) is 1.99. The molecule has 2 fully saturated rings. The molecule has 0 aliphatic carbocycles. The number of esters is 1. The van der Waals surface area contributed by atoms with E-state index in [9.17, 15) is 19.2 Å². The quantitative estimate of drug-likeness (QED) is 0.558. The molecule has 10 heteroatoms. The minimum Gasteiger partial charge on any atom is -0.433 e. The highest BCUT2D eigenvalue weighted by Crippen LogP contribution is 2.19. The van der Waals surface area contributed by atoms with Crippen LogP contribution in [0.2, 0.25) is 0 Å². The maximum Gasteiger partial charge on any atom is 0.310 e. The van der Waals surface area contributed by atoms with Gasteiger partial charge in [-0.3, -0.25) is 19.2 Å². The predicted molar refractivity (Wildman–Crippen MR) is 84.7 cm³/mol. The van der Waals surface area contributed by atoms with Crippen LogP contribution >= 0.6 is 11.8 Å². The summed E-state index contributed by atoms with van der Waals surface area (Å²) in [4.78, 5) is 48.3. The first-order valence-electron chi connectivity index (χ1n) is 7.69. The molecule has 0 spiro atoms. The van der Waals surface area contributed by atoms with Gasteiger partial charge in [-0.2, -0.15) is 0 Å². The average Bonchev–Trinajstić information content (AvgIpc) is 2.73. The fourth-order valence-corrected chi connectivity index (χ4v) is 3.55. The van der Waals surface area contributed by atoms with Gasteiger partial charge in [-0.1, -0.05) is 0 Å². The second kappa shape index (κ2) is 8.34. The molecule has 3 atom stereocenters. The molecule has 3 unspecified atom stereocenters. The van der Waals surface area contributed by atoms with E-state index in [1.807, 2.05) is 0 Å². The largest absolute Gasteiger partial charge is 0.433 e. The van der Waals surface area contributed by atoms with Crippen molar-refractivity contribution in [3.8, 4) is 0 Å². The van der Waals surface area contributed by atoms with Crippen LogP contribution in [-0.4, -0.2) is 71.6 Å². The van der Waals surface area contributed by atoms with Crippen LogP contribution in [0.4, 0.5) is 0 Å². The number of ether oxygens (including phenoxy) is 2. The number of hydrogen-bond donors (Lipinski definition) is 2. The van der Waals surface area contributed by atoms with E-state index in [1.165, 1.54) is 16.7 Å². The minimum absolute atomic E-state index is 0.0180. The lowest BCUT2D eigenvalue weighted by Crippen LogP contribution is -2.49. The number of nitrogens with one attached hydrogen (secondary N) is 1. The minimum atomic E-state index is -0.819. The highest BCUT2D eigenvalue weighted by Gasteiger charge is 2.37. The number of cyclic esters (lactones) is 1. The fourth-order valence-electron chi connectivity index (χ4n) is 2.52. The summed E-state index contributed by atoms with van der Waals surface area (Å²) in [5.74, 6) is -1.11. The first-order valence-corrected chi connectivity index (χ1v) is 8.74. The molecule has 2 heterocycles. The number of carbonyl (C=O) groups is 4. The van der Waals surface area contributed by atoms with Crippen molar-refractivity contribution >= 4 is 35.5 Å². The molecule has 3 amide bonds. The Hall–Kier alpha value is -1.81. The van der Waals surface area contributed by atoms with E-state index in [4.69, 9.17) is 15.2 Å². The van der Waals surface area contributed by atoms with Crippen molar-refractivity contribution < 1.29 is 28.7 Å². The molecule has 24 heavy (non-hydrogen) atoms. The Morgan fingerprint density at radius 3 is 2.88 bits per heavy atom. The van der Waals surface area contributed by atoms with Crippen molar-refractivity contribution in [2.45, 2.75) is 37.3 Å². The van der Waals surface area contributed by atoms with Gasteiger partial charge in [0.2, 0.25) is 24.0 Å². The summed E-state index contributed by atoms with van der Waals surface area (Å²) in [5, 5.41) is 2.12. The summed E-state index contributed by atoms with van der Waals surface area (Å²) in [7, 11) is 0. The normalized spacial score (nSPS) is 27.5. The topological polar surface area (TPSA) is 128 Å². The number of primary amides is 1.